The van der Waals surface area contributed by atoms with Gasteiger partial charge in [0.25, 0.3) is 0 Å². The third-order valence-electron chi connectivity index (χ3n) is 5.12. The van der Waals surface area contributed by atoms with E-state index in [9.17, 15) is 13.2 Å². The molecule has 0 aliphatic carbocycles. The van der Waals surface area contributed by atoms with Crippen molar-refractivity contribution in [2.45, 2.75) is 37.1 Å². The average Bonchev–Trinajstić information content (AvgIpc) is 3.13. The molecule has 2 aromatic carbocycles. The number of benzene rings is 2. The number of nitrogens with zero attached hydrogens (tertiary/aromatic N) is 1. The first-order chi connectivity index (χ1) is 13.0. The minimum Gasteiger partial charge on any atom is -0.354 e. The van der Waals surface area contributed by atoms with Crippen LogP contribution in [0.2, 0.25) is 0 Å². The van der Waals surface area contributed by atoms with Crippen LogP contribution in [0.25, 0.3) is 10.8 Å². The lowest BCUT2D eigenvalue weighted by Crippen LogP contribution is -2.40. The molecule has 0 radical (unpaired) electrons. The Morgan fingerprint density at radius 3 is 2.74 bits per heavy atom. The van der Waals surface area contributed by atoms with Gasteiger partial charge in [-0.2, -0.15) is 0 Å². The van der Waals surface area contributed by atoms with Crippen LogP contribution in [0.3, 0.4) is 0 Å². The number of likely N-dealkylation sites (N-methyl/N-ethyl adjacent to an activating group) is 1. The van der Waals surface area contributed by atoms with Gasteiger partial charge in [0, 0.05) is 25.6 Å². The molecule has 2 aromatic rings. The number of carbonyl (C=O) groups excluding carboxylic acids is 1. The highest BCUT2D eigenvalue weighted by atomic mass is 32.2. The lowest BCUT2D eigenvalue weighted by Gasteiger charge is -2.22. The van der Waals surface area contributed by atoms with Gasteiger partial charge in [0.1, 0.15) is 0 Å². The van der Waals surface area contributed by atoms with Crippen LogP contribution in [-0.4, -0.2) is 51.4 Å². The van der Waals surface area contributed by atoms with Crippen LogP contribution in [0.15, 0.2) is 47.4 Å². The summed E-state index contributed by atoms with van der Waals surface area (Å²) in [5.41, 5.74) is 0. The zero-order valence-electron chi connectivity index (χ0n) is 15.6. The lowest BCUT2D eigenvalue weighted by atomic mass is 10.1. The van der Waals surface area contributed by atoms with E-state index in [1.54, 1.807) is 18.2 Å². The molecule has 0 aromatic heterocycles. The third kappa shape index (κ3) is 5.06. The van der Waals surface area contributed by atoms with Crippen molar-refractivity contribution in [3.63, 3.8) is 0 Å². The summed E-state index contributed by atoms with van der Waals surface area (Å²) in [7, 11) is -3.63. The number of rotatable bonds is 8. The molecule has 0 saturated carbocycles. The third-order valence-corrected chi connectivity index (χ3v) is 6.57. The van der Waals surface area contributed by atoms with Crippen molar-refractivity contribution in [1.82, 2.24) is 14.9 Å². The largest absolute Gasteiger partial charge is 0.354 e. The number of amides is 1. The molecule has 0 bridgehead atoms. The van der Waals surface area contributed by atoms with Crippen LogP contribution in [0, 0.1) is 0 Å². The van der Waals surface area contributed by atoms with E-state index in [0.29, 0.717) is 12.6 Å². The lowest BCUT2D eigenvalue weighted by molar-refractivity contribution is -0.121. The van der Waals surface area contributed by atoms with Crippen molar-refractivity contribution in [3.05, 3.63) is 42.5 Å². The molecule has 7 heteroatoms. The van der Waals surface area contributed by atoms with Crippen molar-refractivity contribution in [1.29, 1.82) is 0 Å². The van der Waals surface area contributed by atoms with E-state index in [1.807, 2.05) is 24.3 Å². The first kappa shape index (κ1) is 19.8. The van der Waals surface area contributed by atoms with Crippen molar-refractivity contribution < 1.29 is 13.2 Å². The molecule has 1 aliphatic heterocycles. The van der Waals surface area contributed by atoms with Gasteiger partial charge in [-0.3, -0.25) is 9.69 Å². The number of fused-ring (bicyclic) bond motifs is 1. The van der Waals surface area contributed by atoms with Crippen molar-refractivity contribution >= 4 is 26.7 Å². The van der Waals surface area contributed by atoms with E-state index in [0.717, 1.165) is 30.3 Å². The summed E-state index contributed by atoms with van der Waals surface area (Å²) in [6, 6.07) is 13.0. The number of sulfonamides is 1. The normalized spacial score (nSPS) is 18.0. The van der Waals surface area contributed by atoms with Crippen LogP contribution in [-0.2, 0) is 14.8 Å². The van der Waals surface area contributed by atoms with Crippen LogP contribution in [0.5, 0.6) is 0 Å². The molecule has 0 spiro atoms. The molecular formula is C20H27N3O3S. The number of hydrogen-bond acceptors (Lipinski definition) is 4. The van der Waals surface area contributed by atoms with E-state index in [1.165, 1.54) is 6.42 Å². The Hall–Kier alpha value is -1.96. The summed E-state index contributed by atoms with van der Waals surface area (Å²) in [6.07, 6.45) is 2.40. The average molecular weight is 390 g/mol. The maximum Gasteiger partial charge on any atom is 0.240 e. The van der Waals surface area contributed by atoms with Crippen molar-refractivity contribution in [3.8, 4) is 0 Å². The Morgan fingerprint density at radius 1 is 1.19 bits per heavy atom. The first-order valence-corrected chi connectivity index (χ1v) is 11.0. The highest BCUT2D eigenvalue weighted by Gasteiger charge is 2.23. The van der Waals surface area contributed by atoms with Crippen molar-refractivity contribution in [2.75, 3.05) is 26.2 Å². The minimum atomic E-state index is -3.63. The second-order valence-electron chi connectivity index (χ2n) is 6.89. The van der Waals surface area contributed by atoms with Crippen LogP contribution >= 0.6 is 0 Å². The van der Waals surface area contributed by atoms with Gasteiger partial charge in [0.15, 0.2) is 0 Å². The molecule has 2 N–H and O–H groups in total. The fraction of sp³-hybridized carbons (Fsp3) is 0.450. The molecule has 1 heterocycles. The van der Waals surface area contributed by atoms with Crippen molar-refractivity contribution in [2.24, 2.45) is 0 Å². The maximum absolute atomic E-state index is 12.5. The molecule has 146 valence electrons. The summed E-state index contributed by atoms with van der Waals surface area (Å²) in [5.74, 6) is -0.126. The first-order valence-electron chi connectivity index (χ1n) is 9.49. The van der Waals surface area contributed by atoms with E-state index in [4.69, 9.17) is 0 Å². The van der Waals surface area contributed by atoms with Gasteiger partial charge in [-0.25, -0.2) is 13.1 Å². The minimum absolute atomic E-state index is 0.0865. The molecule has 1 aliphatic rings. The number of carbonyl (C=O) groups is 1. The van der Waals surface area contributed by atoms with Gasteiger partial charge >= 0.3 is 0 Å². The Bertz CT molecular complexity index is 898. The molecule has 6 nitrogen and oxygen atoms in total. The highest BCUT2D eigenvalue weighted by Crippen LogP contribution is 2.19. The number of likely N-dealkylation sites (tertiary alicyclic amines) is 1. The van der Waals surface area contributed by atoms with Gasteiger partial charge in [0.05, 0.1) is 4.90 Å². The van der Waals surface area contributed by atoms with Gasteiger partial charge in [-0.1, -0.05) is 37.3 Å². The summed E-state index contributed by atoms with van der Waals surface area (Å²) in [5, 5.41) is 4.78. The van der Waals surface area contributed by atoms with Crippen LogP contribution < -0.4 is 10.0 Å². The second kappa shape index (κ2) is 8.82. The smallest absolute Gasteiger partial charge is 0.240 e. The number of nitrogens with one attached hydrogen (secondary N) is 2. The standard InChI is InChI=1S/C20H27N3O3S/c1-2-23-13-5-8-18(23)15-21-20(24)11-12-22-27(25,26)19-10-9-16-6-3-4-7-17(16)14-19/h3-4,6-7,9-10,14,18,22H,2,5,8,11-13,15H2,1H3,(H,21,24)/t18-/m0/s1. The second-order valence-corrected chi connectivity index (χ2v) is 8.65. The fourth-order valence-corrected chi connectivity index (χ4v) is 4.65. The van der Waals surface area contributed by atoms with Crippen LogP contribution in [0.4, 0.5) is 0 Å². The predicted molar refractivity (Wildman–Crippen MR) is 107 cm³/mol. The molecular weight excluding hydrogens is 362 g/mol. The summed E-state index contributed by atoms with van der Waals surface area (Å²) >= 11 is 0. The maximum atomic E-state index is 12.5. The zero-order chi connectivity index (χ0) is 19.3. The topological polar surface area (TPSA) is 78.5 Å². The summed E-state index contributed by atoms with van der Waals surface area (Å²) < 4.78 is 27.4. The molecule has 27 heavy (non-hydrogen) atoms. The molecule has 1 fully saturated rings. The predicted octanol–water partition coefficient (Wildman–Crippen LogP) is 2.11. The number of hydrogen-bond donors (Lipinski definition) is 2. The zero-order valence-corrected chi connectivity index (χ0v) is 16.5. The van der Waals surface area contributed by atoms with Crippen LogP contribution in [0.1, 0.15) is 26.2 Å². The molecule has 1 saturated heterocycles. The molecule has 0 unspecified atom stereocenters. The monoisotopic (exact) mass is 389 g/mol. The summed E-state index contributed by atoms with van der Waals surface area (Å²) in [6.45, 7) is 4.92. The molecule has 1 atom stereocenters. The Kier molecular flexibility index (Phi) is 6.46. The molecule has 1 amide bonds. The summed E-state index contributed by atoms with van der Waals surface area (Å²) in [4.78, 5) is 14.6. The van der Waals surface area contributed by atoms with E-state index < -0.39 is 10.0 Å². The van der Waals surface area contributed by atoms with E-state index in [-0.39, 0.29) is 23.8 Å². The fourth-order valence-electron chi connectivity index (χ4n) is 3.58. The van der Waals surface area contributed by atoms with Gasteiger partial charge in [0.2, 0.25) is 15.9 Å². The van der Waals surface area contributed by atoms with Gasteiger partial charge in [-0.15, -0.1) is 0 Å². The van der Waals surface area contributed by atoms with E-state index >= 15 is 0 Å². The Morgan fingerprint density at radius 2 is 1.96 bits per heavy atom. The Labute approximate surface area is 161 Å². The molecule has 3 rings (SSSR count). The van der Waals surface area contributed by atoms with Gasteiger partial charge in [-0.05, 0) is 48.8 Å². The van der Waals surface area contributed by atoms with Gasteiger partial charge < -0.3 is 5.32 Å². The SMILES string of the molecule is CCN1CCC[C@H]1CNC(=O)CCNS(=O)(=O)c1ccc2ccccc2c1. The Balaban J connectivity index is 1.49. The highest BCUT2D eigenvalue weighted by molar-refractivity contribution is 7.89. The quantitative estimate of drug-likeness (QED) is 0.725. The van der Waals surface area contributed by atoms with E-state index in [2.05, 4.69) is 21.9 Å².